The lowest BCUT2D eigenvalue weighted by Gasteiger charge is -2.09. The summed E-state index contributed by atoms with van der Waals surface area (Å²) in [6, 6.07) is 15.6. The third-order valence-electron chi connectivity index (χ3n) is 3.90. The summed E-state index contributed by atoms with van der Waals surface area (Å²) in [4.78, 5) is 35.9. The zero-order chi connectivity index (χ0) is 19.2. The number of fused-ring (bicyclic) bond motifs is 1. The number of rotatable bonds is 5. The average Bonchev–Trinajstić information content (AvgIpc) is 2.70. The third kappa shape index (κ3) is 4.52. The molecule has 0 saturated carbocycles. The van der Waals surface area contributed by atoms with E-state index >= 15 is 0 Å². The Morgan fingerprint density at radius 3 is 2.52 bits per heavy atom. The molecule has 0 aliphatic carbocycles. The van der Waals surface area contributed by atoms with Crippen LogP contribution < -0.4 is 21.2 Å². The predicted octanol–water partition coefficient (Wildman–Crippen LogP) is 2.20. The van der Waals surface area contributed by atoms with Crippen LogP contribution in [-0.4, -0.2) is 18.4 Å². The number of nitrogens with one attached hydrogen (secondary N) is 2. The fourth-order valence-electron chi connectivity index (χ4n) is 2.42. The van der Waals surface area contributed by atoms with E-state index in [4.69, 9.17) is 9.15 Å². The maximum absolute atomic E-state index is 12.1. The number of carbonyl (C=O) groups is 2. The Bertz CT molecular complexity index is 1020. The molecule has 2 aromatic carbocycles. The Morgan fingerprint density at radius 2 is 1.78 bits per heavy atom. The maximum atomic E-state index is 12.1. The molecular formula is C20H18N2O5. The van der Waals surface area contributed by atoms with Crippen molar-refractivity contribution in [1.82, 2.24) is 10.9 Å². The molecule has 0 spiro atoms. The molecule has 1 aromatic heterocycles. The molecule has 0 atom stereocenters. The third-order valence-corrected chi connectivity index (χ3v) is 3.90. The van der Waals surface area contributed by atoms with Gasteiger partial charge in [0, 0.05) is 5.39 Å². The Morgan fingerprint density at radius 1 is 1.04 bits per heavy atom. The van der Waals surface area contributed by atoms with Gasteiger partial charge in [0.05, 0.1) is 0 Å². The van der Waals surface area contributed by atoms with Crippen LogP contribution in [0.1, 0.15) is 22.8 Å². The number of para-hydroxylation sites is 1. The van der Waals surface area contributed by atoms with Gasteiger partial charge in [-0.05, 0) is 36.2 Å². The molecule has 2 N–H and O–H groups in total. The van der Waals surface area contributed by atoms with Crippen LogP contribution in [0.2, 0.25) is 0 Å². The second-order valence-corrected chi connectivity index (χ2v) is 5.77. The average molecular weight is 366 g/mol. The smallest absolute Gasteiger partial charge is 0.349 e. The van der Waals surface area contributed by atoms with Gasteiger partial charge in [-0.25, -0.2) is 4.79 Å². The highest BCUT2D eigenvalue weighted by Gasteiger charge is 2.14. The summed E-state index contributed by atoms with van der Waals surface area (Å²) in [7, 11) is 0. The highest BCUT2D eigenvalue weighted by molar-refractivity contribution is 5.97. The number of hydrazine groups is 1. The first-order chi connectivity index (χ1) is 13.1. The molecule has 27 heavy (non-hydrogen) atoms. The van der Waals surface area contributed by atoms with Gasteiger partial charge in [0.1, 0.15) is 16.9 Å². The number of hydrogen-bond acceptors (Lipinski definition) is 5. The van der Waals surface area contributed by atoms with E-state index in [1.165, 1.54) is 6.07 Å². The molecule has 3 aromatic rings. The zero-order valence-corrected chi connectivity index (χ0v) is 14.7. The van der Waals surface area contributed by atoms with E-state index in [1.807, 2.05) is 19.1 Å². The first-order valence-electron chi connectivity index (χ1n) is 8.40. The maximum Gasteiger partial charge on any atom is 0.349 e. The van der Waals surface area contributed by atoms with Crippen LogP contribution in [-0.2, 0) is 11.2 Å². The summed E-state index contributed by atoms with van der Waals surface area (Å²) in [6.45, 7) is 1.76. The lowest BCUT2D eigenvalue weighted by Crippen LogP contribution is -2.45. The van der Waals surface area contributed by atoms with Gasteiger partial charge in [0.2, 0.25) is 0 Å². The molecule has 0 aliphatic heterocycles. The minimum atomic E-state index is -0.785. The number of hydrogen-bond donors (Lipinski definition) is 2. The van der Waals surface area contributed by atoms with Gasteiger partial charge in [-0.2, -0.15) is 0 Å². The van der Waals surface area contributed by atoms with E-state index in [-0.39, 0.29) is 12.2 Å². The van der Waals surface area contributed by atoms with E-state index in [1.54, 1.807) is 36.4 Å². The van der Waals surface area contributed by atoms with Crippen LogP contribution in [0.15, 0.2) is 63.8 Å². The first kappa shape index (κ1) is 18.2. The number of benzene rings is 2. The predicted molar refractivity (Wildman–Crippen MR) is 99.4 cm³/mol. The molecule has 3 rings (SSSR count). The summed E-state index contributed by atoms with van der Waals surface area (Å²) in [5.41, 5.74) is 4.94. The van der Waals surface area contributed by atoms with Crippen molar-refractivity contribution < 1.29 is 18.7 Å². The fourth-order valence-corrected chi connectivity index (χ4v) is 2.42. The molecule has 0 radical (unpaired) electrons. The van der Waals surface area contributed by atoms with Crippen molar-refractivity contribution in [2.75, 3.05) is 6.61 Å². The van der Waals surface area contributed by atoms with Gasteiger partial charge in [0.15, 0.2) is 6.61 Å². The summed E-state index contributed by atoms with van der Waals surface area (Å²) in [5.74, 6) is -0.785. The highest BCUT2D eigenvalue weighted by atomic mass is 16.5. The summed E-state index contributed by atoms with van der Waals surface area (Å²) in [6.07, 6.45) is 0.912. The van der Waals surface area contributed by atoms with Gasteiger partial charge in [0.25, 0.3) is 11.8 Å². The SMILES string of the molecule is CCc1ccc(OCC(=O)NNC(=O)c2cc3ccccc3oc2=O)cc1. The quantitative estimate of drug-likeness (QED) is 0.533. The topological polar surface area (TPSA) is 97.6 Å². The zero-order valence-electron chi connectivity index (χ0n) is 14.7. The number of ether oxygens (including phenoxy) is 1. The van der Waals surface area contributed by atoms with Crippen molar-refractivity contribution in [3.05, 3.63) is 76.1 Å². The van der Waals surface area contributed by atoms with Crippen LogP contribution in [0.25, 0.3) is 11.0 Å². The Labute approximate surface area is 154 Å². The van der Waals surface area contributed by atoms with Gasteiger partial charge < -0.3 is 9.15 Å². The van der Waals surface area contributed by atoms with Crippen molar-refractivity contribution in [1.29, 1.82) is 0 Å². The van der Waals surface area contributed by atoms with E-state index in [9.17, 15) is 14.4 Å². The Balaban J connectivity index is 1.56. The molecule has 7 heteroatoms. The van der Waals surface area contributed by atoms with Crippen molar-refractivity contribution in [2.24, 2.45) is 0 Å². The minimum Gasteiger partial charge on any atom is -0.484 e. The largest absolute Gasteiger partial charge is 0.484 e. The van der Waals surface area contributed by atoms with Crippen LogP contribution in [0, 0.1) is 0 Å². The number of amides is 2. The second-order valence-electron chi connectivity index (χ2n) is 5.77. The second kappa shape index (κ2) is 8.18. The molecule has 0 unspecified atom stereocenters. The molecule has 0 saturated heterocycles. The first-order valence-corrected chi connectivity index (χ1v) is 8.40. The van der Waals surface area contributed by atoms with E-state index in [2.05, 4.69) is 10.9 Å². The molecule has 0 aliphatic rings. The van der Waals surface area contributed by atoms with E-state index < -0.39 is 17.4 Å². The molecule has 7 nitrogen and oxygen atoms in total. The summed E-state index contributed by atoms with van der Waals surface area (Å²) >= 11 is 0. The monoisotopic (exact) mass is 366 g/mol. The van der Waals surface area contributed by atoms with E-state index in [0.29, 0.717) is 16.7 Å². The van der Waals surface area contributed by atoms with Crippen molar-refractivity contribution in [3.63, 3.8) is 0 Å². The Kier molecular flexibility index (Phi) is 5.51. The van der Waals surface area contributed by atoms with Crippen molar-refractivity contribution in [2.45, 2.75) is 13.3 Å². The lowest BCUT2D eigenvalue weighted by atomic mass is 10.2. The van der Waals surface area contributed by atoms with E-state index in [0.717, 1.165) is 12.0 Å². The molecule has 0 bridgehead atoms. The molecule has 138 valence electrons. The summed E-state index contributed by atoms with van der Waals surface area (Å²) in [5, 5.41) is 0.604. The van der Waals surface area contributed by atoms with Crippen LogP contribution in [0.4, 0.5) is 0 Å². The molecule has 2 amide bonds. The number of carbonyl (C=O) groups excluding carboxylic acids is 2. The van der Waals surface area contributed by atoms with Crippen LogP contribution >= 0.6 is 0 Å². The molecular weight excluding hydrogens is 348 g/mol. The highest BCUT2D eigenvalue weighted by Crippen LogP contribution is 2.13. The lowest BCUT2D eigenvalue weighted by molar-refractivity contribution is -0.123. The standard InChI is InChI=1S/C20H18N2O5/c1-2-13-7-9-15(10-8-13)26-12-18(23)21-22-19(24)16-11-14-5-3-4-6-17(14)27-20(16)25/h3-11H,2,12H2,1H3,(H,21,23)(H,22,24). The van der Waals surface area contributed by atoms with Crippen LogP contribution in [0.3, 0.4) is 0 Å². The summed E-state index contributed by atoms with van der Waals surface area (Å²) < 4.78 is 10.4. The van der Waals surface area contributed by atoms with Gasteiger partial charge in [-0.1, -0.05) is 37.3 Å². The normalized spacial score (nSPS) is 10.4. The molecule has 1 heterocycles. The van der Waals surface area contributed by atoms with Gasteiger partial charge >= 0.3 is 5.63 Å². The van der Waals surface area contributed by atoms with Crippen molar-refractivity contribution >= 4 is 22.8 Å². The Hall–Kier alpha value is -3.61. The van der Waals surface area contributed by atoms with Gasteiger partial charge in [-0.15, -0.1) is 0 Å². The fraction of sp³-hybridized carbons (Fsp3) is 0.150. The van der Waals surface area contributed by atoms with Crippen LogP contribution in [0.5, 0.6) is 5.75 Å². The minimum absolute atomic E-state index is 0.204. The van der Waals surface area contributed by atoms with Crippen molar-refractivity contribution in [3.8, 4) is 5.75 Å². The number of aryl methyl sites for hydroxylation is 1. The van der Waals surface area contributed by atoms with Gasteiger partial charge in [-0.3, -0.25) is 20.4 Å². The molecule has 0 fully saturated rings.